The third-order valence-corrected chi connectivity index (χ3v) is 6.09. The number of sulfonamides is 1. The lowest BCUT2D eigenvalue weighted by molar-refractivity contribution is -0.112. The molecular weight excluding hydrogens is 466 g/mol. The maximum atomic E-state index is 12.6. The second-order valence-electron chi connectivity index (χ2n) is 7.55. The molecule has 0 saturated carbocycles. The third-order valence-electron chi connectivity index (χ3n) is 4.74. The number of unbranched alkanes of at least 4 members (excludes halogenated alkanes) is 1. The smallest absolute Gasteiger partial charge is 0.266 e. The van der Waals surface area contributed by atoms with Crippen LogP contribution < -0.4 is 14.8 Å². The van der Waals surface area contributed by atoms with Crippen LogP contribution in [0.3, 0.4) is 0 Å². The lowest BCUT2D eigenvalue weighted by Gasteiger charge is -2.09. The molecule has 35 heavy (non-hydrogen) atoms. The minimum atomic E-state index is -3.91. The van der Waals surface area contributed by atoms with Gasteiger partial charge >= 0.3 is 0 Å². The molecular formula is C25H25N5O4S. The van der Waals surface area contributed by atoms with Crippen molar-refractivity contribution in [3.05, 3.63) is 77.6 Å². The summed E-state index contributed by atoms with van der Waals surface area (Å²) in [5.41, 5.74) is 1.49. The van der Waals surface area contributed by atoms with Crippen molar-refractivity contribution in [2.75, 3.05) is 16.6 Å². The molecule has 0 atom stereocenters. The van der Waals surface area contributed by atoms with E-state index in [1.165, 1.54) is 36.5 Å². The number of carbonyl (C=O) groups excluding carboxylic acids is 1. The molecule has 0 aliphatic carbocycles. The summed E-state index contributed by atoms with van der Waals surface area (Å²) >= 11 is 0. The van der Waals surface area contributed by atoms with Gasteiger partial charge < -0.3 is 10.1 Å². The Labute approximate surface area is 204 Å². The molecule has 0 unspecified atom stereocenters. The number of aromatic nitrogens is 2. The number of amides is 1. The zero-order valence-electron chi connectivity index (χ0n) is 19.4. The van der Waals surface area contributed by atoms with Crippen molar-refractivity contribution in [1.29, 1.82) is 5.26 Å². The number of carbonyl (C=O) groups is 1. The maximum absolute atomic E-state index is 12.6. The Morgan fingerprint density at radius 3 is 2.63 bits per heavy atom. The largest absolute Gasteiger partial charge is 0.494 e. The summed E-state index contributed by atoms with van der Waals surface area (Å²) in [6.45, 7) is 4.39. The Morgan fingerprint density at radius 1 is 1.17 bits per heavy atom. The highest BCUT2D eigenvalue weighted by Gasteiger charge is 2.16. The maximum Gasteiger partial charge on any atom is 0.266 e. The predicted octanol–water partition coefficient (Wildman–Crippen LogP) is 4.31. The van der Waals surface area contributed by atoms with Crippen LogP contribution in [0.1, 0.15) is 31.0 Å². The second kappa shape index (κ2) is 11.8. The molecule has 0 spiro atoms. The van der Waals surface area contributed by atoms with Gasteiger partial charge in [-0.2, -0.15) is 5.26 Å². The standard InChI is InChI=1S/C25H25N5O4S/c1-3-4-14-34-22-7-5-6-19(16-22)15-20(17-26)24(31)29-21-8-10-23(11-9-21)35(32,33)30-25-27-13-12-18(2)28-25/h5-13,15-16H,3-4,14H2,1-2H3,(H,29,31)(H,27,28,30)/b20-15+. The van der Waals surface area contributed by atoms with Crippen molar-refractivity contribution in [3.63, 3.8) is 0 Å². The van der Waals surface area contributed by atoms with E-state index in [0.29, 0.717) is 29.3 Å². The van der Waals surface area contributed by atoms with Crippen molar-refractivity contribution in [2.24, 2.45) is 0 Å². The van der Waals surface area contributed by atoms with Crippen LogP contribution in [-0.4, -0.2) is 30.9 Å². The van der Waals surface area contributed by atoms with E-state index < -0.39 is 15.9 Å². The molecule has 1 amide bonds. The van der Waals surface area contributed by atoms with E-state index in [4.69, 9.17) is 4.74 Å². The number of hydrogen-bond acceptors (Lipinski definition) is 7. The molecule has 1 heterocycles. The van der Waals surface area contributed by atoms with E-state index in [1.807, 2.05) is 12.1 Å². The van der Waals surface area contributed by atoms with E-state index in [-0.39, 0.29) is 16.4 Å². The quantitative estimate of drug-likeness (QED) is 0.245. The first-order chi connectivity index (χ1) is 16.8. The highest BCUT2D eigenvalue weighted by molar-refractivity contribution is 7.92. The zero-order valence-corrected chi connectivity index (χ0v) is 20.2. The lowest BCUT2D eigenvalue weighted by Crippen LogP contribution is -2.16. The summed E-state index contributed by atoms with van der Waals surface area (Å²) < 4.78 is 33.1. The number of nitriles is 1. The van der Waals surface area contributed by atoms with Crippen LogP contribution in [-0.2, 0) is 14.8 Å². The monoisotopic (exact) mass is 491 g/mol. The zero-order chi connectivity index (χ0) is 25.3. The topological polar surface area (TPSA) is 134 Å². The number of ether oxygens (including phenoxy) is 1. The van der Waals surface area contributed by atoms with Gasteiger partial charge in [-0.05, 0) is 67.4 Å². The van der Waals surface area contributed by atoms with Gasteiger partial charge in [-0.3, -0.25) is 4.79 Å². The molecule has 0 radical (unpaired) electrons. The van der Waals surface area contributed by atoms with Crippen molar-refractivity contribution < 1.29 is 17.9 Å². The van der Waals surface area contributed by atoms with Crippen LogP contribution in [0.2, 0.25) is 0 Å². The van der Waals surface area contributed by atoms with Crippen LogP contribution in [0.15, 0.2) is 71.3 Å². The minimum Gasteiger partial charge on any atom is -0.494 e. The number of nitrogens with one attached hydrogen (secondary N) is 2. The fraction of sp³-hybridized carbons (Fsp3) is 0.200. The molecule has 0 aliphatic rings. The van der Waals surface area contributed by atoms with E-state index in [2.05, 4.69) is 26.9 Å². The predicted molar refractivity (Wildman–Crippen MR) is 133 cm³/mol. The van der Waals surface area contributed by atoms with Gasteiger partial charge in [0.1, 0.15) is 17.4 Å². The molecule has 0 fully saturated rings. The normalized spacial score (nSPS) is 11.4. The highest BCUT2D eigenvalue weighted by Crippen LogP contribution is 2.19. The fourth-order valence-electron chi connectivity index (χ4n) is 2.94. The van der Waals surface area contributed by atoms with Gasteiger partial charge in [0, 0.05) is 17.6 Å². The Balaban J connectivity index is 1.69. The van der Waals surface area contributed by atoms with Gasteiger partial charge in [0.2, 0.25) is 5.95 Å². The van der Waals surface area contributed by atoms with Crippen molar-refractivity contribution >= 4 is 33.6 Å². The van der Waals surface area contributed by atoms with Gasteiger partial charge in [0.15, 0.2) is 0 Å². The molecule has 9 nitrogen and oxygen atoms in total. The lowest BCUT2D eigenvalue weighted by atomic mass is 10.1. The van der Waals surface area contributed by atoms with E-state index in [1.54, 1.807) is 31.2 Å². The summed E-state index contributed by atoms with van der Waals surface area (Å²) in [6.07, 6.45) is 4.87. The minimum absolute atomic E-state index is 0.0310. The Morgan fingerprint density at radius 2 is 1.94 bits per heavy atom. The van der Waals surface area contributed by atoms with E-state index in [0.717, 1.165) is 12.8 Å². The Hall–Kier alpha value is -4.23. The van der Waals surface area contributed by atoms with Crippen LogP contribution in [0, 0.1) is 18.3 Å². The molecule has 2 aromatic carbocycles. The average molecular weight is 492 g/mol. The first-order valence-corrected chi connectivity index (χ1v) is 12.4. The van der Waals surface area contributed by atoms with Crippen LogP contribution in [0.4, 0.5) is 11.6 Å². The van der Waals surface area contributed by atoms with Gasteiger partial charge in [-0.25, -0.2) is 23.1 Å². The van der Waals surface area contributed by atoms with Gasteiger partial charge in [0.05, 0.1) is 11.5 Å². The number of nitrogens with zero attached hydrogens (tertiary/aromatic N) is 3. The summed E-state index contributed by atoms with van der Waals surface area (Å²) in [7, 11) is -3.91. The molecule has 3 rings (SSSR count). The molecule has 1 aromatic heterocycles. The number of hydrogen-bond donors (Lipinski definition) is 2. The third kappa shape index (κ3) is 7.38. The van der Waals surface area contributed by atoms with Crippen molar-refractivity contribution in [1.82, 2.24) is 9.97 Å². The van der Waals surface area contributed by atoms with Crippen molar-refractivity contribution in [2.45, 2.75) is 31.6 Å². The van der Waals surface area contributed by atoms with Gasteiger partial charge in [-0.15, -0.1) is 0 Å². The van der Waals surface area contributed by atoms with Crippen LogP contribution >= 0.6 is 0 Å². The first-order valence-electron chi connectivity index (χ1n) is 10.9. The highest BCUT2D eigenvalue weighted by atomic mass is 32.2. The molecule has 2 N–H and O–H groups in total. The average Bonchev–Trinajstić information content (AvgIpc) is 2.83. The Bertz CT molecular complexity index is 1360. The number of aryl methyl sites for hydroxylation is 1. The van der Waals surface area contributed by atoms with E-state index in [9.17, 15) is 18.5 Å². The Kier molecular flexibility index (Phi) is 8.53. The molecule has 0 saturated heterocycles. The summed E-state index contributed by atoms with van der Waals surface area (Å²) in [4.78, 5) is 20.5. The number of rotatable bonds is 10. The molecule has 180 valence electrons. The first kappa shape index (κ1) is 25.4. The fourth-order valence-corrected chi connectivity index (χ4v) is 3.89. The molecule has 0 aliphatic heterocycles. The van der Waals surface area contributed by atoms with Crippen LogP contribution in [0.25, 0.3) is 6.08 Å². The SMILES string of the molecule is CCCCOc1cccc(/C=C(\C#N)C(=O)Nc2ccc(S(=O)(=O)Nc3nccc(C)n3)cc2)c1. The molecule has 3 aromatic rings. The summed E-state index contributed by atoms with van der Waals surface area (Å²) in [5, 5.41) is 12.1. The number of benzene rings is 2. The van der Waals surface area contributed by atoms with Gasteiger partial charge in [-0.1, -0.05) is 25.5 Å². The van der Waals surface area contributed by atoms with Crippen molar-refractivity contribution in [3.8, 4) is 11.8 Å². The summed E-state index contributed by atoms with van der Waals surface area (Å²) in [5.74, 6) is 0.00378. The van der Waals surface area contributed by atoms with Gasteiger partial charge in [0.25, 0.3) is 15.9 Å². The summed E-state index contributed by atoms with van der Waals surface area (Å²) in [6, 6.07) is 16.2. The number of anilines is 2. The molecule has 0 bridgehead atoms. The molecule has 10 heteroatoms. The second-order valence-corrected chi connectivity index (χ2v) is 9.23. The van der Waals surface area contributed by atoms with E-state index >= 15 is 0 Å². The van der Waals surface area contributed by atoms with Crippen LogP contribution in [0.5, 0.6) is 5.75 Å².